The molecule has 0 bridgehead atoms. The highest BCUT2D eigenvalue weighted by Crippen LogP contribution is 2.17. The van der Waals surface area contributed by atoms with Crippen molar-refractivity contribution in [3.05, 3.63) is 24.0 Å². The molecule has 18 heavy (non-hydrogen) atoms. The Hall–Kier alpha value is -1.29. The zero-order chi connectivity index (χ0) is 13.0. The summed E-state index contributed by atoms with van der Waals surface area (Å²) in [6.07, 6.45) is 2.57. The van der Waals surface area contributed by atoms with Crippen molar-refractivity contribution >= 4 is 11.4 Å². The normalized spacial score (nSPS) is 17.9. The molecule has 0 amide bonds. The topological polar surface area (TPSA) is 41.3 Å². The number of hydrogen-bond acceptors (Lipinski definition) is 3. The summed E-state index contributed by atoms with van der Waals surface area (Å²) in [7, 11) is 0. The first kappa shape index (κ1) is 13.1. The number of rotatable bonds is 4. The van der Waals surface area contributed by atoms with Crippen LogP contribution in [-0.4, -0.2) is 31.1 Å². The number of likely N-dealkylation sites (tertiary alicyclic amines) is 1. The van der Waals surface area contributed by atoms with Crippen LogP contribution in [0.3, 0.4) is 0 Å². The van der Waals surface area contributed by atoms with E-state index < -0.39 is 0 Å². The van der Waals surface area contributed by atoms with E-state index in [1.807, 2.05) is 0 Å². The summed E-state index contributed by atoms with van der Waals surface area (Å²) in [5, 5.41) is 3.22. The molecule has 3 N–H and O–H groups in total. The number of benzene rings is 1. The minimum absolute atomic E-state index is 0.288. The van der Waals surface area contributed by atoms with E-state index in [-0.39, 0.29) is 5.82 Å². The summed E-state index contributed by atoms with van der Waals surface area (Å²) in [4.78, 5) is 2.45. The van der Waals surface area contributed by atoms with Crippen LogP contribution in [0.25, 0.3) is 0 Å². The van der Waals surface area contributed by atoms with Crippen LogP contribution < -0.4 is 11.1 Å². The summed E-state index contributed by atoms with van der Waals surface area (Å²) < 4.78 is 13.1. The van der Waals surface area contributed by atoms with Crippen LogP contribution in [0.1, 0.15) is 19.8 Å². The van der Waals surface area contributed by atoms with E-state index in [9.17, 15) is 4.39 Å². The molecule has 1 aromatic carbocycles. The van der Waals surface area contributed by atoms with Gasteiger partial charge in [-0.2, -0.15) is 0 Å². The van der Waals surface area contributed by atoms with Crippen molar-refractivity contribution < 1.29 is 4.39 Å². The minimum Gasteiger partial charge on any atom is -0.399 e. The Morgan fingerprint density at radius 1 is 1.33 bits per heavy atom. The van der Waals surface area contributed by atoms with Crippen LogP contribution in [0.4, 0.5) is 15.8 Å². The van der Waals surface area contributed by atoms with Crippen molar-refractivity contribution in [1.29, 1.82) is 0 Å². The molecule has 1 aromatic rings. The number of nitrogens with zero attached hydrogens (tertiary/aromatic N) is 1. The maximum Gasteiger partial charge on any atom is 0.127 e. The van der Waals surface area contributed by atoms with Gasteiger partial charge in [-0.3, -0.25) is 0 Å². The lowest BCUT2D eigenvalue weighted by atomic mass is 9.99. The van der Waals surface area contributed by atoms with Crippen LogP contribution in [0.2, 0.25) is 0 Å². The number of anilines is 2. The molecular weight excluding hydrogens is 229 g/mol. The SMILES string of the molecule is CC1CCN(CCNc2cc(N)cc(F)c2)CC1. The van der Waals surface area contributed by atoms with Crippen LogP contribution in [0.15, 0.2) is 18.2 Å². The number of nitrogens with two attached hydrogens (primary N) is 1. The lowest BCUT2D eigenvalue weighted by Gasteiger charge is -2.30. The lowest BCUT2D eigenvalue weighted by molar-refractivity contribution is 0.199. The number of nitrogen functional groups attached to an aromatic ring is 1. The molecule has 100 valence electrons. The number of nitrogens with one attached hydrogen (secondary N) is 1. The highest BCUT2D eigenvalue weighted by Gasteiger charge is 2.14. The number of piperidine rings is 1. The van der Waals surface area contributed by atoms with Crippen molar-refractivity contribution in [2.24, 2.45) is 5.92 Å². The van der Waals surface area contributed by atoms with E-state index >= 15 is 0 Å². The van der Waals surface area contributed by atoms with Gasteiger partial charge < -0.3 is 16.0 Å². The van der Waals surface area contributed by atoms with Gasteiger partial charge in [-0.05, 0) is 50.0 Å². The molecule has 0 aliphatic carbocycles. The van der Waals surface area contributed by atoms with Crippen molar-refractivity contribution in [3.8, 4) is 0 Å². The average molecular weight is 251 g/mol. The number of hydrogen-bond donors (Lipinski definition) is 2. The second-order valence-electron chi connectivity index (χ2n) is 5.22. The molecule has 1 saturated heterocycles. The zero-order valence-corrected chi connectivity index (χ0v) is 11.0. The van der Waals surface area contributed by atoms with E-state index in [4.69, 9.17) is 5.73 Å². The summed E-state index contributed by atoms with van der Waals surface area (Å²) in [5.74, 6) is 0.571. The third kappa shape index (κ3) is 3.88. The van der Waals surface area contributed by atoms with Crippen molar-refractivity contribution in [3.63, 3.8) is 0 Å². The fourth-order valence-electron chi connectivity index (χ4n) is 2.36. The third-order valence-electron chi connectivity index (χ3n) is 3.55. The first-order valence-corrected chi connectivity index (χ1v) is 6.66. The number of halogens is 1. The molecule has 4 heteroatoms. The highest BCUT2D eigenvalue weighted by molar-refractivity contribution is 5.54. The third-order valence-corrected chi connectivity index (χ3v) is 3.55. The standard InChI is InChI=1S/C14H22FN3/c1-11-2-5-18(6-3-11)7-4-17-14-9-12(15)8-13(16)10-14/h8-11,17H,2-7,16H2,1H3. The first-order chi connectivity index (χ1) is 8.63. The van der Waals surface area contributed by atoms with Gasteiger partial charge >= 0.3 is 0 Å². The smallest absolute Gasteiger partial charge is 0.127 e. The van der Waals surface area contributed by atoms with Gasteiger partial charge in [-0.1, -0.05) is 6.92 Å². The molecule has 1 fully saturated rings. The van der Waals surface area contributed by atoms with E-state index in [1.54, 1.807) is 6.07 Å². The molecular formula is C14H22FN3. The Balaban J connectivity index is 1.74. The van der Waals surface area contributed by atoms with Gasteiger partial charge in [-0.25, -0.2) is 4.39 Å². The highest BCUT2D eigenvalue weighted by atomic mass is 19.1. The molecule has 1 heterocycles. The Kier molecular flexibility index (Phi) is 4.42. The summed E-state index contributed by atoms with van der Waals surface area (Å²) in [6, 6.07) is 4.58. The van der Waals surface area contributed by atoms with Gasteiger partial charge in [0.1, 0.15) is 5.82 Å². The molecule has 0 radical (unpaired) electrons. The van der Waals surface area contributed by atoms with Crippen LogP contribution >= 0.6 is 0 Å². The monoisotopic (exact) mass is 251 g/mol. The zero-order valence-electron chi connectivity index (χ0n) is 11.0. The molecule has 1 aliphatic rings. The van der Waals surface area contributed by atoms with Crippen LogP contribution in [0.5, 0.6) is 0 Å². The molecule has 2 rings (SSSR count). The van der Waals surface area contributed by atoms with Gasteiger partial charge in [0.25, 0.3) is 0 Å². The van der Waals surface area contributed by atoms with Gasteiger partial charge in [0.05, 0.1) is 0 Å². The molecule has 1 aliphatic heterocycles. The average Bonchev–Trinajstić information content (AvgIpc) is 2.30. The van der Waals surface area contributed by atoms with Gasteiger partial charge in [-0.15, -0.1) is 0 Å². The second kappa shape index (κ2) is 6.05. The Bertz CT molecular complexity index is 366. The molecule has 0 atom stereocenters. The fourth-order valence-corrected chi connectivity index (χ4v) is 2.36. The van der Waals surface area contributed by atoms with Crippen molar-refractivity contribution in [2.75, 3.05) is 37.2 Å². The summed E-state index contributed by atoms with van der Waals surface area (Å²) in [6.45, 7) is 6.49. The van der Waals surface area contributed by atoms with Gasteiger partial charge in [0.15, 0.2) is 0 Å². The van der Waals surface area contributed by atoms with Crippen LogP contribution in [0, 0.1) is 11.7 Å². The predicted octanol–water partition coefficient (Wildman–Crippen LogP) is 2.55. The van der Waals surface area contributed by atoms with Crippen LogP contribution in [-0.2, 0) is 0 Å². The fraction of sp³-hybridized carbons (Fsp3) is 0.571. The molecule has 0 spiro atoms. The van der Waals surface area contributed by atoms with E-state index in [0.717, 1.165) is 24.7 Å². The molecule has 0 unspecified atom stereocenters. The predicted molar refractivity (Wildman–Crippen MR) is 74.1 cm³/mol. The molecule has 3 nitrogen and oxygen atoms in total. The second-order valence-corrected chi connectivity index (χ2v) is 5.22. The lowest BCUT2D eigenvalue weighted by Crippen LogP contribution is -2.36. The Morgan fingerprint density at radius 3 is 2.72 bits per heavy atom. The van der Waals surface area contributed by atoms with Crippen molar-refractivity contribution in [2.45, 2.75) is 19.8 Å². The van der Waals surface area contributed by atoms with E-state index in [1.165, 1.54) is 38.1 Å². The minimum atomic E-state index is -0.288. The van der Waals surface area contributed by atoms with Gasteiger partial charge in [0, 0.05) is 24.5 Å². The summed E-state index contributed by atoms with van der Waals surface area (Å²) in [5.41, 5.74) is 6.82. The van der Waals surface area contributed by atoms with E-state index in [2.05, 4.69) is 17.1 Å². The first-order valence-electron chi connectivity index (χ1n) is 6.66. The quantitative estimate of drug-likeness (QED) is 0.808. The maximum absolute atomic E-state index is 13.1. The van der Waals surface area contributed by atoms with Crippen molar-refractivity contribution in [1.82, 2.24) is 4.90 Å². The van der Waals surface area contributed by atoms with Gasteiger partial charge in [0.2, 0.25) is 0 Å². The largest absolute Gasteiger partial charge is 0.399 e. The van der Waals surface area contributed by atoms with E-state index in [0.29, 0.717) is 5.69 Å². The molecule has 0 saturated carbocycles. The Labute approximate surface area is 108 Å². The Morgan fingerprint density at radius 2 is 2.06 bits per heavy atom. The molecule has 0 aromatic heterocycles. The summed E-state index contributed by atoms with van der Waals surface area (Å²) >= 11 is 0. The maximum atomic E-state index is 13.1.